The van der Waals surface area contributed by atoms with Gasteiger partial charge < -0.3 is 17.2 Å². The van der Waals surface area contributed by atoms with E-state index in [4.69, 9.17) is 27.2 Å². The zero-order valence-corrected chi connectivity index (χ0v) is 6.61. The molecule has 0 aromatic carbocycles. The molecule has 0 amide bonds. The Balaban J connectivity index is 4.97. The van der Waals surface area contributed by atoms with Crippen LogP contribution in [0.2, 0.25) is 0 Å². The van der Waals surface area contributed by atoms with Crippen molar-refractivity contribution in [2.24, 2.45) is 22.3 Å². The molecule has 0 radical (unpaired) electrons. The zero-order valence-electron chi connectivity index (χ0n) is 5.80. The van der Waals surface area contributed by atoms with Gasteiger partial charge in [-0.2, -0.15) is 8.42 Å². The lowest BCUT2D eigenvalue weighted by Gasteiger charge is -2.11. The summed E-state index contributed by atoms with van der Waals surface area (Å²) in [7, 11) is -4.72. The van der Waals surface area contributed by atoms with Gasteiger partial charge in [-0.25, -0.2) is 0 Å². The minimum absolute atomic E-state index is 0.220. The molecule has 8 N–H and O–H groups in total. The second-order valence-corrected chi connectivity index (χ2v) is 2.87. The van der Waals surface area contributed by atoms with Crippen molar-refractivity contribution in [3.05, 3.63) is 0 Å². The number of nitrogens with zero attached hydrogens (tertiary/aromatic N) is 2. The molecule has 0 spiro atoms. The van der Waals surface area contributed by atoms with Gasteiger partial charge in [0.1, 0.15) is 0 Å². The van der Waals surface area contributed by atoms with E-state index >= 15 is 0 Å². The molecule has 0 rings (SSSR count). The van der Waals surface area contributed by atoms with E-state index in [0.717, 1.165) is 0 Å². The summed E-state index contributed by atoms with van der Waals surface area (Å²) in [6, 6.07) is 0. The van der Waals surface area contributed by atoms with Crippen LogP contribution in [-0.2, 0) is 10.3 Å². The SMILES string of the molecule is N=C(N)N(N=C(N)N)S(=O)(=O)O. The van der Waals surface area contributed by atoms with Crippen LogP contribution in [-0.4, -0.2) is 29.3 Å². The minimum atomic E-state index is -4.72. The van der Waals surface area contributed by atoms with Crippen molar-refractivity contribution in [3.63, 3.8) is 0 Å². The maximum Gasteiger partial charge on any atom is 0.382 e. The van der Waals surface area contributed by atoms with E-state index in [-0.39, 0.29) is 4.41 Å². The molecule has 0 saturated carbocycles. The van der Waals surface area contributed by atoms with Gasteiger partial charge in [-0.1, -0.05) is 4.41 Å². The Hall–Kier alpha value is -1.55. The molecule has 70 valence electrons. The van der Waals surface area contributed by atoms with E-state index in [2.05, 4.69) is 5.10 Å². The monoisotopic (exact) mass is 196 g/mol. The predicted octanol–water partition coefficient (Wildman–Crippen LogP) is -2.83. The van der Waals surface area contributed by atoms with Crippen LogP contribution >= 0.6 is 0 Å². The van der Waals surface area contributed by atoms with Gasteiger partial charge in [-0.15, -0.1) is 5.10 Å². The van der Waals surface area contributed by atoms with E-state index in [1.807, 2.05) is 0 Å². The Labute approximate surface area is 68.2 Å². The van der Waals surface area contributed by atoms with Crippen LogP contribution in [0, 0.1) is 5.41 Å². The molecule has 0 aliphatic rings. The quantitative estimate of drug-likeness (QED) is 0.138. The summed E-state index contributed by atoms with van der Waals surface area (Å²) in [5.74, 6) is -1.67. The minimum Gasteiger partial charge on any atom is -0.369 e. The summed E-state index contributed by atoms with van der Waals surface area (Å²) in [5.41, 5.74) is 14.3. The second kappa shape index (κ2) is 3.23. The summed E-state index contributed by atoms with van der Waals surface area (Å²) in [4.78, 5) is 0. The fourth-order valence-electron chi connectivity index (χ4n) is 0.335. The number of hydrogen-bond acceptors (Lipinski definition) is 4. The zero-order chi connectivity index (χ0) is 9.94. The largest absolute Gasteiger partial charge is 0.382 e. The van der Waals surface area contributed by atoms with E-state index in [1.54, 1.807) is 0 Å². The molecule has 0 atom stereocenters. The number of nitrogens with two attached hydrogens (primary N) is 3. The van der Waals surface area contributed by atoms with Crippen molar-refractivity contribution in [2.45, 2.75) is 0 Å². The van der Waals surface area contributed by atoms with Crippen LogP contribution in [0.4, 0.5) is 0 Å². The van der Waals surface area contributed by atoms with Gasteiger partial charge in [0.2, 0.25) is 11.9 Å². The van der Waals surface area contributed by atoms with E-state index < -0.39 is 22.2 Å². The summed E-state index contributed by atoms with van der Waals surface area (Å²) in [6.45, 7) is 0. The fourth-order valence-corrected chi connectivity index (χ4v) is 0.781. The van der Waals surface area contributed by atoms with Crippen molar-refractivity contribution in [2.75, 3.05) is 0 Å². The molecule has 0 aliphatic carbocycles. The van der Waals surface area contributed by atoms with Crippen molar-refractivity contribution in [3.8, 4) is 0 Å². The molecule has 0 aromatic rings. The number of hydrogen-bond donors (Lipinski definition) is 5. The van der Waals surface area contributed by atoms with Gasteiger partial charge in [0.15, 0.2) is 0 Å². The maximum atomic E-state index is 10.4. The third kappa shape index (κ3) is 3.03. The van der Waals surface area contributed by atoms with Crippen molar-refractivity contribution >= 4 is 22.2 Å². The normalized spacial score (nSPS) is 10.4. The third-order valence-electron chi connectivity index (χ3n) is 0.631. The average molecular weight is 196 g/mol. The second-order valence-electron chi connectivity index (χ2n) is 1.63. The lowest BCUT2D eigenvalue weighted by molar-refractivity contribution is 0.424. The standard InChI is InChI=1S/C2H8N6O3S/c3-1(4)7-8(2(5)6)12(9,10)11/h(H3,5,6)(H4,3,4,7)(H,9,10,11). The number of hydrazone groups is 1. The highest BCUT2D eigenvalue weighted by atomic mass is 32.2. The maximum absolute atomic E-state index is 10.4. The molecule has 9 nitrogen and oxygen atoms in total. The summed E-state index contributed by atoms with van der Waals surface area (Å²) >= 11 is 0. The fraction of sp³-hybridized carbons (Fsp3) is 0. The van der Waals surface area contributed by atoms with Crippen LogP contribution in [0.1, 0.15) is 0 Å². The summed E-state index contributed by atoms with van der Waals surface area (Å²) in [5, 5.41) is 9.51. The van der Waals surface area contributed by atoms with Gasteiger partial charge in [-0.05, 0) is 0 Å². The highest BCUT2D eigenvalue weighted by molar-refractivity contribution is 7.83. The van der Waals surface area contributed by atoms with E-state index in [0.29, 0.717) is 0 Å². The van der Waals surface area contributed by atoms with Gasteiger partial charge in [0, 0.05) is 0 Å². The van der Waals surface area contributed by atoms with Crippen molar-refractivity contribution in [1.82, 2.24) is 4.41 Å². The Kier molecular flexibility index (Phi) is 2.81. The number of guanidine groups is 2. The molecule has 10 heteroatoms. The molecule has 0 aromatic heterocycles. The van der Waals surface area contributed by atoms with Crippen molar-refractivity contribution in [1.29, 1.82) is 5.41 Å². The first-order chi connectivity index (χ1) is 5.25. The molecule has 0 bridgehead atoms. The highest BCUT2D eigenvalue weighted by Gasteiger charge is 2.19. The van der Waals surface area contributed by atoms with Crippen molar-refractivity contribution < 1.29 is 13.0 Å². The number of rotatable bonds is 2. The van der Waals surface area contributed by atoms with Crippen LogP contribution in [0.5, 0.6) is 0 Å². The Bertz CT molecular complexity index is 301. The smallest absolute Gasteiger partial charge is 0.369 e. The third-order valence-corrected chi connectivity index (χ3v) is 1.35. The van der Waals surface area contributed by atoms with Gasteiger partial charge >= 0.3 is 10.3 Å². The van der Waals surface area contributed by atoms with Gasteiger partial charge in [-0.3, -0.25) is 9.96 Å². The molecule has 0 aliphatic heterocycles. The Morgan fingerprint density at radius 3 is 1.92 bits per heavy atom. The van der Waals surface area contributed by atoms with Crippen LogP contribution in [0.15, 0.2) is 5.10 Å². The Morgan fingerprint density at radius 1 is 1.42 bits per heavy atom. The van der Waals surface area contributed by atoms with Gasteiger partial charge in [0.25, 0.3) is 0 Å². The van der Waals surface area contributed by atoms with Crippen LogP contribution in [0.3, 0.4) is 0 Å². The highest BCUT2D eigenvalue weighted by Crippen LogP contribution is 1.95. The van der Waals surface area contributed by atoms with Gasteiger partial charge in [0.05, 0.1) is 0 Å². The van der Waals surface area contributed by atoms with E-state index in [1.165, 1.54) is 0 Å². The summed E-state index contributed by atoms with van der Waals surface area (Å²) < 4.78 is 28.8. The predicted molar refractivity (Wildman–Crippen MR) is 41.1 cm³/mol. The van der Waals surface area contributed by atoms with Crippen LogP contribution in [0.25, 0.3) is 0 Å². The lowest BCUT2D eigenvalue weighted by Crippen LogP contribution is -2.40. The first kappa shape index (κ1) is 10.4. The molecule has 0 fully saturated rings. The Morgan fingerprint density at radius 2 is 1.83 bits per heavy atom. The molecule has 12 heavy (non-hydrogen) atoms. The lowest BCUT2D eigenvalue weighted by atomic mass is 11.0. The molecule has 0 saturated heterocycles. The number of nitrogens with one attached hydrogen (secondary N) is 1. The van der Waals surface area contributed by atoms with E-state index in [9.17, 15) is 8.42 Å². The molecule has 0 heterocycles. The molecular weight excluding hydrogens is 188 g/mol. The molecule has 0 unspecified atom stereocenters. The molecular formula is C2H8N6O3S. The average Bonchev–Trinajstić information content (AvgIpc) is 1.79. The topological polar surface area (TPSA) is 172 Å². The summed E-state index contributed by atoms with van der Waals surface area (Å²) in [6.07, 6.45) is 0. The first-order valence-corrected chi connectivity index (χ1v) is 3.86. The first-order valence-electron chi connectivity index (χ1n) is 2.46. The van der Waals surface area contributed by atoms with Crippen LogP contribution < -0.4 is 17.2 Å².